The van der Waals surface area contributed by atoms with Crippen LogP contribution in [0.25, 0.3) is 0 Å². The zero-order valence-corrected chi connectivity index (χ0v) is 15.7. The Labute approximate surface area is 159 Å². The molecule has 0 radical (unpaired) electrons. The van der Waals surface area contributed by atoms with Crippen molar-refractivity contribution in [2.45, 2.75) is 51.1 Å². The van der Waals surface area contributed by atoms with Crippen LogP contribution < -0.4 is 0 Å². The predicted octanol–water partition coefficient (Wildman–Crippen LogP) is 4.71. The summed E-state index contributed by atoms with van der Waals surface area (Å²) in [7, 11) is 0. The van der Waals surface area contributed by atoms with E-state index in [-0.39, 0.29) is 18.2 Å². The molecule has 0 amide bonds. The maximum Gasteiger partial charge on any atom is 0.343 e. The van der Waals surface area contributed by atoms with Crippen LogP contribution in [0.3, 0.4) is 0 Å². The number of ether oxygens (including phenoxy) is 3. The summed E-state index contributed by atoms with van der Waals surface area (Å²) < 4.78 is 17.9. The van der Waals surface area contributed by atoms with Crippen LogP contribution in [0.4, 0.5) is 0 Å². The van der Waals surface area contributed by atoms with Gasteiger partial charge < -0.3 is 14.2 Å². The largest absolute Gasteiger partial charge is 0.456 e. The lowest BCUT2D eigenvalue weighted by Gasteiger charge is -2.40. The molecule has 2 aromatic carbocycles. The first kappa shape index (κ1) is 17.8. The number of carbonyl (C=O) groups is 1. The summed E-state index contributed by atoms with van der Waals surface area (Å²) in [5.74, 6) is -0.571. The standard InChI is InChI=1S/C23H24O4/c1-23(2)26-20-15-19(17-11-7-4-8-12-17)25-18(21(20)22(24)27-23)14-13-16-9-5-3-6-10-16/h3-12,18-19H,13-15H2,1-2H3/t18-,19-/m1/s1. The van der Waals surface area contributed by atoms with Gasteiger partial charge >= 0.3 is 5.97 Å². The second-order valence-electron chi connectivity index (χ2n) is 7.48. The van der Waals surface area contributed by atoms with Gasteiger partial charge in [-0.05, 0) is 24.0 Å². The minimum atomic E-state index is -0.946. The molecule has 4 nitrogen and oxygen atoms in total. The van der Waals surface area contributed by atoms with Crippen molar-refractivity contribution >= 4 is 5.97 Å². The summed E-state index contributed by atoms with van der Waals surface area (Å²) in [5, 5.41) is 0. The molecule has 2 aromatic rings. The van der Waals surface area contributed by atoms with E-state index in [0.29, 0.717) is 24.2 Å². The highest BCUT2D eigenvalue weighted by molar-refractivity contribution is 5.91. The summed E-state index contributed by atoms with van der Waals surface area (Å²) in [6, 6.07) is 20.3. The first-order valence-electron chi connectivity index (χ1n) is 9.41. The molecule has 4 heteroatoms. The molecule has 2 atom stereocenters. The number of rotatable bonds is 4. The lowest BCUT2D eigenvalue weighted by molar-refractivity contribution is -0.217. The highest BCUT2D eigenvalue weighted by Gasteiger charge is 2.43. The van der Waals surface area contributed by atoms with Crippen LogP contribution in [0, 0.1) is 0 Å². The normalized spacial score (nSPS) is 24.0. The van der Waals surface area contributed by atoms with Crippen LogP contribution in [0.1, 0.15) is 43.9 Å². The minimum Gasteiger partial charge on any atom is -0.456 e. The third-order valence-electron chi connectivity index (χ3n) is 4.96. The summed E-state index contributed by atoms with van der Waals surface area (Å²) >= 11 is 0. The average molecular weight is 364 g/mol. The lowest BCUT2D eigenvalue weighted by atomic mass is 9.92. The molecule has 0 bridgehead atoms. The van der Waals surface area contributed by atoms with E-state index in [1.807, 2.05) is 36.4 Å². The molecule has 0 saturated heterocycles. The van der Waals surface area contributed by atoms with Crippen molar-refractivity contribution in [3.8, 4) is 0 Å². The summed E-state index contributed by atoms with van der Waals surface area (Å²) in [6.07, 6.45) is 1.58. The highest BCUT2D eigenvalue weighted by Crippen LogP contribution is 2.42. The Kier molecular flexibility index (Phi) is 4.75. The molecule has 140 valence electrons. The molecule has 0 fully saturated rings. The number of hydrogen-bond acceptors (Lipinski definition) is 4. The van der Waals surface area contributed by atoms with E-state index in [1.165, 1.54) is 5.56 Å². The van der Waals surface area contributed by atoms with Gasteiger partial charge in [0.2, 0.25) is 5.79 Å². The molecule has 2 heterocycles. The molecule has 27 heavy (non-hydrogen) atoms. The van der Waals surface area contributed by atoms with Gasteiger partial charge in [-0.1, -0.05) is 60.7 Å². The second-order valence-corrected chi connectivity index (χ2v) is 7.48. The number of aryl methyl sites for hydroxylation is 1. The van der Waals surface area contributed by atoms with Gasteiger partial charge in [0.15, 0.2) is 0 Å². The first-order valence-corrected chi connectivity index (χ1v) is 9.41. The van der Waals surface area contributed by atoms with Crippen LogP contribution in [0.5, 0.6) is 0 Å². The highest BCUT2D eigenvalue weighted by atomic mass is 16.7. The van der Waals surface area contributed by atoms with Gasteiger partial charge in [-0.15, -0.1) is 0 Å². The lowest BCUT2D eigenvalue weighted by Crippen LogP contribution is -2.43. The molecule has 4 rings (SSSR count). The van der Waals surface area contributed by atoms with E-state index in [1.54, 1.807) is 13.8 Å². The molecule has 0 N–H and O–H groups in total. The zero-order chi connectivity index (χ0) is 18.9. The van der Waals surface area contributed by atoms with Gasteiger partial charge in [-0.3, -0.25) is 0 Å². The van der Waals surface area contributed by atoms with Crippen molar-refractivity contribution in [1.29, 1.82) is 0 Å². The number of benzene rings is 2. The van der Waals surface area contributed by atoms with E-state index in [2.05, 4.69) is 24.3 Å². The third-order valence-corrected chi connectivity index (χ3v) is 4.96. The molecule has 0 saturated carbocycles. The van der Waals surface area contributed by atoms with Crippen LogP contribution in [0.15, 0.2) is 72.0 Å². The summed E-state index contributed by atoms with van der Waals surface area (Å²) in [5.41, 5.74) is 2.85. The monoisotopic (exact) mass is 364 g/mol. The Bertz CT molecular complexity index is 839. The Balaban J connectivity index is 1.63. The molecular formula is C23H24O4. The average Bonchev–Trinajstić information content (AvgIpc) is 2.66. The minimum absolute atomic E-state index is 0.132. The molecule has 0 aliphatic carbocycles. The quantitative estimate of drug-likeness (QED) is 0.737. The Morgan fingerprint density at radius 3 is 2.33 bits per heavy atom. The van der Waals surface area contributed by atoms with Gasteiger partial charge in [-0.2, -0.15) is 0 Å². The van der Waals surface area contributed by atoms with Crippen LogP contribution >= 0.6 is 0 Å². The van der Waals surface area contributed by atoms with Gasteiger partial charge in [0, 0.05) is 20.3 Å². The van der Waals surface area contributed by atoms with Crippen LogP contribution in [0.2, 0.25) is 0 Å². The summed E-state index contributed by atoms with van der Waals surface area (Å²) in [6.45, 7) is 3.53. The van der Waals surface area contributed by atoms with E-state index in [4.69, 9.17) is 14.2 Å². The smallest absolute Gasteiger partial charge is 0.343 e. The molecular weight excluding hydrogens is 340 g/mol. The van der Waals surface area contributed by atoms with E-state index >= 15 is 0 Å². The van der Waals surface area contributed by atoms with Crippen molar-refractivity contribution < 1.29 is 19.0 Å². The molecule has 2 aliphatic rings. The van der Waals surface area contributed by atoms with Crippen molar-refractivity contribution in [1.82, 2.24) is 0 Å². The Morgan fingerprint density at radius 1 is 0.963 bits per heavy atom. The maximum absolute atomic E-state index is 12.7. The van der Waals surface area contributed by atoms with Gasteiger partial charge in [0.1, 0.15) is 11.3 Å². The van der Waals surface area contributed by atoms with Gasteiger partial charge in [0.05, 0.1) is 12.2 Å². The molecule has 0 unspecified atom stereocenters. The molecule has 0 aromatic heterocycles. The van der Waals surface area contributed by atoms with E-state index in [0.717, 1.165) is 12.0 Å². The topological polar surface area (TPSA) is 44.8 Å². The first-order chi connectivity index (χ1) is 13.0. The fourth-order valence-electron chi connectivity index (χ4n) is 3.73. The van der Waals surface area contributed by atoms with Crippen molar-refractivity contribution in [3.05, 3.63) is 83.1 Å². The number of esters is 1. The van der Waals surface area contributed by atoms with Gasteiger partial charge in [-0.25, -0.2) is 4.79 Å². The SMILES string of the molecule is CC1(C)OC(=O)C2=C(C[C@H](c3ccccc3)O[C@@H]2CCc2ccccc2)O1. The van der Waals surface area contributed by atoms with Crippen LogP contribution in [-0.4, -0.2) is 17.9 Å². The maximum atomic E-state index is 12.7. The number of hydrogen-bond donors (Lipinski definition) is 0. The number of carbonyl (C=O) groups excluding carboxylic acids is 1. The Morgan fingerprint density at radius 2 is 1.63 bits per heavy atom. The van der Waals surface area contributed by atoms with E-state index < -0.39 is 5.79 Å². The Hall–Kier alpha value is -2.59. The molecule has 2 aliphatic heterocycles. The van der Waals surface area contributed by atoms with Crippen LogP contribution in [-0.2, 0) is 25.4 Å². The fourth-order valence-corrected chi connectivity index (χ4v) is 3.73. The zero-order valence-electron chi connectivity index (χ0n) is 15.7. The van der Waals surface area contributed by atoms with Crippen molar-refractivity contribution in [2.24, 2.45) is 0 Å². The summed E-state index contributed by atoms with van der Waals surface area (Å²) in [4.78, 5) is 12.7. The van der Waals surface area contributed by atoms with E-state index in [9.17, 15) is 4.79 Å². The van der Waals surface area contributed by atoms with Crippen molar-refractivity contribution in [2.75, 3.05) is 0 Å². The van der Waals surface area contributed by atoms with Gasteiger partial charge in [0.25, 0.3) is 0 Å². The number of cyclic esters (lactones) is 1. The molecule has 0 spiro atoms. The fraction of sp³-hybridized carbons (Fsp3) is 0.348. The third kappa shape index (κ3) is 3.91. The predicted molar refractivity (Wildman–Crippen MR) is 102 cm³/mol. The second kappa shape index (κ2) is 7.20. The van der Waals surface area contributed by atoms with Crippen molar-refractivity contribution in [3.63, 3.8) is 0 Å².